The first-order valence-electron chi connectivity index (χ1n) is 6.28. The van der Waals surface area contributed by atoms with Gasteiger partial charge in [0.15, 0.2) is 5.69 Å². The minimum atomic E-state index is -4.58. The average molecular weight is 277 g/mol. The minimum absolute atomic E-state index is 0.161. The van der Waals surface area contributed by atoms with Crippen molar-refractivity contribution in [3.8, 4) is 0 Å². The highest BCUT2D eigenvalue weighted by Crippen LogP contribution is 2.29. The maximum atomic E-state index is 12.7. The molecule has 1 aromatic rings. The number of hydrogen-bond donors (Lipinski definition) is 1. The largest absolute Gasteiger partial charge is 0.433 e. The lowest BCUT2D eigenvalue weighted by atomic mass is 10.2. The summed E-state index contributed by atoms with van der Waals surface area (Å²) in [5.74, 6) is 0. The molecule has 0 atom stereocenters. The third-order valence-corrected chi connectivity index (χ3v) is 2.62. The Balaban J connectivity index is 2.62. The van der Waals surface area contributed by atoms with Crippen LogP contribution in [0.25, 0.3) is 0 Å². The molecule has 1 amide bonds. The lowest BCUT2D eigenvalue weighted by Crippen LogP contribution is -2.33. The summed E-state index contributed by atoms with van der Waals surface area (Å²) in [4.78, 5) is 11.6. The summed E-state index contributed by atoms with van der Waals surface area (Å²) in [5.41, 5.74) is -0.885. The quantitative estimate of drug-likeness (QED) is 0.839. The van der Waals surface area contributed by atoms with Gasteiger partial charge in [0.05, 0.1) is 5.69 Å². The predicted molar refractivity (Wildman–Crippen MR) is 64.9 cm³/mol. The summed E-state index contributed by atoms with van der Waals surface area (Å²) in [5, 5.41) is 6.02. The molecule has 0 saturated heterocycles. The Labute approximate surface area is 110 Å². The van der Waals surface area contributed by atoms with Crippen molar-refractivity contribution in [3.63, 3.8) is 0 Å². The lowest BCUT2D eigenvalue weighted by Gasteiger charge is -2.10. The van der Waals surface area contributed by atoms with E-state index in [2.05, 4.69) is 17.3 Å². The zero-order chi connectivity index (χ0) is 14.5. The molecule has 0 aliphatic rings. The van der Waals surface area contributed by atoms with Gasteiger partial charge in [0.25, 0.3) is 0 Å². The molecule has 1 heterocycles. The molecule has 0 aliphatic carbocycles. The monoisotopic (exact) mass is 277 g/mol. The number of alkyl halides is 3. The number of nitrogens with zero attached hydrogens (tertiary/aromatic N) is 2. The Morgan fingerprint density at radius 3 is 2.63 bits per heavy atom. The predicted octanol–water partition coefficient (Wildman–Crippen LogP) is 3.35. The van der Waals surface area contributed by atoms with Gasteiger partial charge in [0.1, 0.15) is 0 Å². The first kappa shape index (κ1) is 15.5. The number of rotatable bonds is 5. The van der Waals surface area contributed by atoms with Gasteiger partial charge in [-0.05, 0) is 19.4 Å². The molecule has 0 fully saturated rings. The van der Waals surface area contributed by atoms with Gasteiger partial charge in [-0.3, -0.25) is 0 Å². The highest BCUT2D eigenvalue weighted by molar-refractivity contribution is 5.76. The van der Waals surface area contributed by atoms with E-state index in [9.17, 15) is 18.0 Å². The third kappa shape index (κ3) is 4.57. The summed E-state index contributed by atoms with van der Waals surface area (Å²) < 4.78 is 38.4. The molecule has 108 valence electrons. The number of aryl methyl sites for hydroxylation is 1. The van der Waals surface area contributed by atoms with Crippen LogP contribution in [0.2, 0.25) is 0 Å². The van der Waals surface area contributed by atoms with Crippen molar-refractivity contribution in [1.82, 2.24) is 15.1 Å². The van der Waals surface area contributed by atoms with E-state index in [1.54, 1.807) is 0 Å². The second-order valence-electron chi connectivity index (χ2n) is 4.37. The molecule has 0 bridgehead atoms. The fraction of sp³-hybridized carbons (Fsp3) is 0.667. The minimum Gasteiger partial charge on any atom is -0.336 e. The van der Waals surface area contributed by atoms with Crippen LogP contribution in [-0.2, 0) is 6.18 Å². The zero-order valence-electron chi connectivity index (χ0n) is 11.0. The van der Waals surface area contributed by atoms with Crippen molar-refractivity contribution in [1.29, 1.82) is 0 Å². The van der Waals surface area contributed by atoms with Gasteiger partial charge >= 0.3 is 12.2 Å². The van der Waals surface area contributed by atoms with Crippen LogP contribution in [0.3, 0.4) is 0 Å². The van der Waals surface area contributed by atoms with Crippen LogP contribution in [0, 0.1) is 6.92 Å². The van der Waals surface area contributed by atoms with Gasteiger partial charge in [-0.2, -0.15) is 23.0 Å². The van der Waals surface area contributed by atoms with E-state index in [0.717, 1.165) is 31.7 Å². The Kier molecular flexibility index (Phi) is 5.38. The lowest BCUT2D eigenvalue weighted by molar-refractivity contribution is -0.142. The Hall–Kier alpha value is -1.53. The summed E-state index contributed by atoms with van der Waals surface area (Å²) in [6.45, 7) is 3.83. The van der Waals surface area contributed by atoms with Crippen LogP contribution in [0.1, 0.15) is 44.0 Å². The molecule has 0 unspecified atom stereocenters. The number of unbranched alkanes of at least 4 members (excludes halogenated alkanes) is 3. The van der Waals surface area contributed by atoms with Gasteiger partial charge < -0.3 is 5.32 Å². The molecule has 1 N–H and O–H groups in total. The first-order chi connectivity index (χ1) is 8.86. The fourth-order valence-corrected chi connectivity index (χ4v) is 1.68. The maximum Gasteiger partial charge on any atom is 0.433 e. The number of hydrogen-bond acceptors (Lipinski definition) is 2. The van der Waals surface area contributed by atoms with E-state index in [1.165, 1.54) is 6.92 Å². The van der Waals surface area contributed by atoms with Crippen molar-refractivity contribution in [2.75, 3.05) is 6.54 Å². The number of halogens is 3. The summed E-state index contributed by atoms with van der Waals surface area (Å²) >= 11 is 0. The molecule has 0 saturated carbocycles. The molecule has 0 spiro atoms. The van der Waals surface area contributed by atoms with Crippen molar-refractivity contribution < 1.29 is 18.0 Å². The van der Waals surface area contributed by atoms with E-state index in [4.69, 9.17) is 0 Å². The van der Waals surface area contributed by atoms with Gasteiger partial charge in [-0.1, -0.05) is 26.2 Å². The first-order valence-corrected chi connectivity index (χ1v) is 6.28. The Morgan fingerprint density at radius 1 is 1.37 bits per heavy atom. The summed E-state index contributed by atoms with van der Waals surface area (Å²) in [6, 6.07) is 0.0216. The fourth-order valence-electron chi connectivity index (χ4n) is 1.68. The molecule has 1 aromatic heterocycles. The van der Waals surface area contributed by atoms with E-state index in [-0.39, 0.29) is 5.69 Å². The Bertz CT molecular complexity index is 426. The van der Waals surface area contributed by atoms with E-state index in [1.807, 2.05) is 0 Å². The number of carbonyl (C=O) groups is 1. The smallest absolute Gasteiger partial charge is 0.336 e. The van der Waals surface area contributed by atoms with Gasteiger partial charge in [0.2, 0.25) is 0 Å². The average Bonchev–Trinajstić information content (AvgIpc) is 2.71. The van der Waals surface area contributed by atoms with Crippen molar-refractivity contribution >= 4 is 6.03 Å². The maximum absolute atomic E-state index is 12.7. The third-order valence-electron chi connectivity index (χ3n) is 2.62. The van der Waals surface area contributed by atoms with Crippen LogP contribution in [0.15, 0.2) is 6.07 Å². The molecule has 7 heteroatoms. The zero-order valence-corrected chi connectivity index (χ0v) is 11.0. The van der Waals surface area contributed by atoms with Gasteiger partial charge in [0, 0.05) is 6.54 Å². The van der Waals surface area contributed by atoms with Crippen molar-refractivity contribution in [3.05, 3.63) is 17.5 Å². The highest BCUT2D eigenvalue weighted by Gasteiger charge is 2.37. The summed E-state index contributed by atoms with van der Waals surface area (Å²) in [7, 11) is 0. The molecule has 0 radical (unpaired) electrons. The second kappa shape index (κ2) is 6.58. The van der Waals surface area contributed by atoms with Gasteiger partial charge in [-0.25, -0.2) is 4.79 Å². The van der Waals surface area contributed by atoms with Crippen LogP contribution in [0.4, 0.5) is 18.0 Å². The topological polar surface area (TPSA) is 46.9 Å². The standard InChI is InChI=1S/C12H18F3N3O/c1-3-4-5-6-7-16-11(19)18-10(12(13,14)15)8-9(2)17-18/h8H,3-7H2,1-2H3,(H,16,19). The molecule has 19 heavy (non-hydrogen) atoms. The molecule has 0 aromatic carbocycles. The number of aromatic nitrogens is 2. The molecule has 1 rings (SSSR count). The van der Waals surface area contributed by atoms with Crippen LogP contribution < -0.4 is 5.32 Å². The SMILES string of the molecule is CCCCCCNC(=O)n1nc(C)cc1C(F)(F)F. The molecule has 4 nitrogen and oxygen atoms in total. The second-order valence-corrected chi connectivity index (χ2v) is 4.37. The number of nitrogens with one attached hydrogen (secondary N) is 1. The van der Waals surface area contributed by atoms with Crippen molar-refractivity contribution in [2.45, 2.75) is 45.7 Å². The number of carbonyl (C=O) groups excluding carboxylic acids is 1. The van der Waals surface area contributed by atoms with Crippen LogP contribution in [-0.4, -0.2) is 22.4 Å². The van der Waals surface area contributed by atoms with E-state index < -0.39 is 17.9 Å². The van der Waals surface area contributed by atoms with Crippen LogP contribution >= 0.6 is 0 Å². The van der Waals surface area contributed by atoms with E-state index >= 15 is 0 Å². The van der Waals surface area contributed by atoms with Crippen LogP contribution in [0.5, 0.6) is 0 Å². The number of amides is 1. The molecule has 0 aliphatic heterocycles. The molecular weight excluding hydrogens is 259 g/mol. The highest BCUT2D eigenvalue weighted by atomic mass is 19.4. The van der Waals surface area contributed by atoms with E-state index in [0.29, 0.717) is 11.2 Å². The molecular formula is C12H18F3N3O. The normalized spacial score (nSPS) is 11.6. The van der Waals surface area contributed by atoms with Crippen molar-refractivity contribution in [2.24, 2.45) is 0 Å². The van der Waals surface area contributed by atoms with Gasteiger partial charge in [-0.15, -0.1) is 0 Å². The summed E-state index contributed by atoms with van der Waals surface area (Å²) in [6.07, 6.45) is -0.780. The Morgan fingerprint density at radius 2 is 2.05 bits per heavy atom.